The molecule has 1 aliphatic rings. The maximum Gasteiger partial charge on any atom is 0.252 e. The molecule has 0 aromatic heterocycles. The third kappa shape index (κ3) is 3.09. The van der Waals surface area contributed by atoms with Crippen LogP contribution < -0.4 is 5.32 Å². The highest BCUT2D eigenvalue weighted by Gasteiger charge is 2.16. The molecule has 1 aromatic carbocycles. The topological polar surface area (TPSA) is 29.1 Å². The lowest BCUT2D eigenvalue weighted by Crippen LogP contribution is -2.35. The summed E-state index contributed by atoms with van der Waals surface area (Å²) in [5.41, 5.74) is 1.95. The summed E-state index contributed by atoms with van der Waals surface area (Å²) in [6.07, 6.45) is 7.39. The van der Waals surface area contributed by atoms with Crippen LogP contribution in [0, 0.1) is 10.5 Å². The molecule has 1 aliphatic carbocycles. The van der Waals surface area contributed by atoms with Gasteiger partial charge in [-0.1, -0.05) is 24.3 Å². The largest absolute Gasteiger partial charge is 0.349 e. The van der Waals surface area contributed by atoms with E-state index in [0.29, 0.717) is 6.04 Å². The molecule has 0 bridgehead atoms. The number of aryl methyl sites for hydroxylation is 1. The van der Waals surface area contributed by atoms with E-state index in [9.17, 15) is 4.79 Å². The van der Waals surface area contributed by atoms with E-state index in [1.165, 1.54) is 0 Å². The molecular weight excluding hydrogens is 325 g/mol. The molecule has 0 saturated carbocycles. The molecule has 1 atom stereocenters. The highest BCUT2D eigenvalue weighted by Crippen LogP contribution is 2.18. The Bertz CT molecular complexity index is 454. The van der Waals surface area contributed by atoms with Crippen LogP contribution in [0.1, 0.15) is 35.2 Å². The summed E-state index contributed by atoms with van der Waals surface area (Å²) in [5.74, 6) is 0.0541. The van der Waals surface area contributed by atoms with E-state index in [4.69, 9.17) is 0 Å². The van der Waals surface area contributed by atoms with Crippen LogP contribution in [0.25, 0.3) is 0 Å². The van der Waals surface area contributed by atoms with E-state index in [1.807, 2.05) is 25.1 Å². The summed E-state index contributed by atoms with van der Waals surface area (Å²) in [4.78, 5) is 12.1. The van der Waals surface area contributed by atoms with E-state index in [1.54, 1.807) is 0 Å². The monoisotopic (exact) mass is 341 g/mol. The molecule has 90 valence electrons. The molecule has 2 rings (SSSR count). The Kier molecular flexibility index (Phi) is 4.20. The number of carbonyl (C=O) groups is 1. The Morgan fingerprint density at radius 3 is 2.94 bits per heavy atom. The van der Waals surface area contributed by atoms with Gasteiger partial charge in [-0.25, -0.2) is 0 Å². The molecule has 2 nitrogen and oxygen atoms in total. The summed E-state index contributed by atoms with van der Waals surface area (Å²) in [6, 6.07) is 6.15. The van der Waals surface area contributed by atoms with Gasteiger partial charge in [0.15, 0.2) is 0 Å². The number of allylic oxidation sites excluding steroid dienone is 1. The second-order valence-corrected chi connectivity index (χ2v) is 5.47. The van der Waals surface area contributed by atoms with E-state index >= 15 is 0 Å². The summed E-state index contributed by atoms with van der Waals surface area (Å²) < 4.78 is 1.05. The average Bonchev–Trinajstić information content (AvgIpc) is 2.34. The summed E-state index contributed by atoms with van der Waals surface area (Å²) in [7, 11) is 0. The molecule has 0 heterocycles. The third-order valence-corrected chi connectivity index (χ3v) is 4.47. The molecule has 17 heavy (non-hydrogen) atoms. The van der Waals surface area contributed by atoms with Crippen molar-refractivity contribution in [3.8, 4) is 0 Å². The van der Waals surface area contributed by atoms with Crippen LogP contribution in [0.5, 0.6) is 0 Å². The maximum absolute atomic E-state index is 12.1. The number of hydrogen-bond donors (Lipinski definition) is 1. The first-order valence-corrected chi connectivity index (χ1v) is 6.97. The van der Waals surface area contributed by atoms with E-state index in [-0.39, 0.29) is 5.91 Å². The molecule has 0 radical (unpaired) electrons. The molecule has 3 heteroatoms. The number of rotatable bonds is 2. The van der Waals surface area contributed by atoms with Gasteiger partial charge in [-0.2, -0.15) is 0 Å². The lowest BCUT2D eigenvalue weighted by Gasteiger charge is -2.20. The fourth-order valence-corrected chi connectivity index (χ4v) is 2.62. The quantitative estimate of drug-likeness (QED) is 0.648. The molecule has 0 saturated heterocycles. The van der Waals surface area contributed by atoms with Gasteiger partial charge < -0.3 is 5.32 Å². The van der Waals surface area contributed by atoms with Crippen molar-refractivity contribution in [2.45, 2.75) is 32.2 Å². The highest BCUT2D eigenvalue weighted by molar-refractivity contribution is 14.1. The fourth-order valence-electron chi connectivity index (χ4n) is 2.01. The number of nitrogens with one attached hydrogen (secondary N) is 1. The van der Waals surface area contributed by atoms with Crippen molar-refractivity contribution >= 4 is 28.5 Å². The maximum atomic E-state index is 12.1. The van der Waals surface area contributed by atoms with Gasteiger partial charge in [0.2, 0.25) is 0 Å². The molecule has 1 aromatic rings. The molecule has 0 fully saturated rings. The van der Waals surface area contributed by atoms with E-state index in [0.717, 1.165) is 34.0 Å². The Morgan fingerprint density at radius 1 is 1.41 bits per heavy atom. The summed E-state index contributed by atoms with van der Waals surface area (Å²) in [5, 5.41) is 3.11. The van der Waals surface area contributed by atoms with Crippen LogP contribution in [-0.2, 0) is 0 Å². The Balaban J connectivity index is 2.09. The van der Waals surface area contributed by atoms with Crippen LogP contribution in [0.3, 0.4) is 0 Å². The fraction of sp³-hybridized carbons (Fsp3) is 0.357. The van der Waals surface area contributed by atoms with Gasteiger partial charge in [-0.3, -0.25) is 4.79 Å². The van der Waals surface area contributed by atoms with Crippen molar-refractivity contribution in [2.75, 3.05) is 0 Å². The van der Waals surface area contributed by atoms with Gasteiger partial charge in [0.25, 0.3) is 5.91 Å². The zero-order valence-corrected chi connectivity index (χ0v) is 12.0. The van der Waals surface area contributed by atoms with Gasteiger partial charge in [-0.05, 0) is 60.4 Å². The second kappa shape index (κ2) is 5.67. The van der Waals surface area contributed by atoms with Crippen LogP contribution in [0.4, 0.5) is 0 Å². The molecule has 1 N–H and O–H groups in total. The van der Waals surface area contributed by atoms with Gasteiger partial charge in [0.05, 0.1) is 5.56 Å². The standard InChI is InChI=1S/C14H16INO/c1-10-6-5-9-12(13(10)15)14(17)16-11-7-3-2-4-8-11/h2-3,5-6,9,11H,4,7-8H2,1H3,(H,16,17)/t11-/m1/s1. The summed E-state index contributed by atoms with van der Waals surface area (Å²) in [6.45, 7) is 2.03. The van der Waals surface area contributed by atoms with Crippen LogP contribution >= 0.6 is 22.6 Å². The van der Waals surface area contributed by atoms with Crippen molar-refractivity contribution in [2.24, 2.45) is 0 Å². The number of carbonyl (C=O) groups excluding carboxylic acids is 1. The number of halogens is 1. The molecule has 0 spiro atoms. The van der Waals surface area contributed by atoms with Crippen LogP contribution in [0.2, 0.25) is 0 Å². The summed E-state index contributed by atoms with van der Waals surface area (Å²) >= 11 is 2.24. The SMILES string of the molecule is Cc1cccc(C(=O)N[C@@H]2CC=CCC2)c1I. The highest BCUT2D eigenvalue weighted by atomic mass is 127. The van der Waals surface area contributed by atoms with Crippen LogP contribution in [0.15, 0.2) is 30.4 Å². The van der Waals surface area contributed by atoms with Gasteiger partial charge in [0.1, 0.15) is 0 Å². The van der Waals surface area contributed by atoms with Crippen LogP contribution in [-0.4, -0.2) is 11.9 Å². The first kappa shape index (κ1) is 12.6. The van der Waals surface area contributed by atoms with Crippen molar-refractivity contribution in [3.05, 3.63) is 45.0 Å². The number of amides is 1. The third-order valence-electron chi connectivity index (χ3n) is 3.04. The van der Waals surface area contributed by atoms with Crippen molar-refractivity contribution in [1.29, 1.82) is 0 Å². The minimum atomic E-state index is 0.0541. The lowest BCUT2D eigenvalue weighted by atomic mass is 10.0. The Hall–Kier alpha value is -0.840. The van der Waals surface area contributed by atoms with Gasteiger partial charge >= 0.3 is 0 Å². The molecule has 0 unspecified atom stereocenters. The van der Waals surface area contributed by atoms with Crippen molar-refractivity contribution in [1.82, 2.24) is 5.32 Å². The lowest BCUT2D eigenvalue weighted by molar-refractivity contribution is 0.0933. The zero-order valence-electron chi connectivity index (χ0n) is 9.87. The predicted molar refractivity (Wildman–Crippen MR) is 78.1 cm³/mol. The average molecular weight is 341 g/mol. The second-order valence-electron chi connectivity index (χ2n) is 4.39. The first-order valence-electron chi connectivity index (χ1n) is 5.89. The van der Waals surface area contributed by atoms with E-state index in [2.05, 4.69) is 40.1 Å². The molecule has 1 amide bonds. The predicted octanol–water partition coefficient (Wildman–Crippen LogP) is 3.44. The van der Waals surface area contributed by atoms with Crippen molar-refractivity contribution in [3.63, 3.8) is 0 Å². The minimum absolute atomic E-state index is 0.0541. The van der Waals surface area contributed by atoms with Crippen molar-refractivity contribution < 1.29 is 4.79 Å². The Labute approximate surface area is 116 Å². The van der Waals surface area contributed by atoms with Gasteiger partial charge in [-0.15, -0.1) is 0 Å². The molecular formula is C14H16INO. The smallest absolute Gasteiger partial charge is 0.252 e. The van der Waals surface area contributed by atoms with Gasteiger partial charge in [0, 0.05) is 9.61 Å². The Morgan fingerprint density at radius 2 is 2.24 bits per heavy atom. The normalized spacial score (nSPS) is 19.1. The number of hydrogen-bond acceptors (Lipinski definition) is 1. The minimum Gasteiger partial charge on any atom is -0.349 e. The zero-order chi connectivity index (χ0) is 12.3. The number of benzene rings is 1. The molecule has 0 aliphatic heterocycles. The first-order chi connectivity index (χ1) is 8.18. The van der Waals surface area contributed by atoms with E-state index < -0.39 is 0 Å².